The zero-order valence-corrected chi connectivity index (χ0v) is 13.4. The first kappa shape index (κ1) is 16.2. The van der Waals surface area contributed by atoms with E-state index in [1.807, 2.05) is 0 Å². The Morgan fingerprint density at radius 3 is 2.19 bits per heavy atom. The van der Waals surface area contributed by atoms with Gasteiger partial charge < -0.3 is 0 Å². The predicted octanol–water partition coefficient (Wildman–Crippen LogP) is 3.14. The Hall–Kier alpha value is -1.20. The van der Waals surface area contributed by atoms with Gasteiger partial charge in [0.05, 0.1) is 4.90 Å². The largest absolute Gasteiger partial charge is 0.295 e. The van der Waals surface area contributed by atoms with Gasteiger partial charge in [-0.2, -0.15) is 0 Å². The number of hydrogen-bond acceptors (Lipinski definition) is 3. The van der Waals surface area contributed by atoms with Gasteiger partial charge in [0.2, 0.25) is 10.0 Å². The average molecular weight is 309 g/mol. The zero-order chi connectivity index (χ0) is 15.5. The molecule has 0 radical (unpaired) electrons. The van der Waals surface area contributed by atoms with E-state index >= 15 is 0 Å². The monoisotopic (exact) mass is 309 g/mol. The number of nitrogens with one attached hydrogen (secondary N) is 1. The molecule has 0 atom stereocenters. The van der Waals surface area contributed by atoms with E-state index in [1.54, 1.807) is 12.1 Å². The summed E-state index contributed by atoms with van der Waals surface area (Å²) in [5.74, 6) is 0.672. The quantitative estimate of drug-likeness (QED) is 0.850. The topological polar surface area (TPSA) is 63.2 Å². The van der Waals surface area contributed by atoms with Crippen LogP contribution in [0.4, 0.5) is 0 Å². The van der Waals surface area contributed by atoms with Crippen molar-refractivity contribution in [3.8, 4) is 0 Å². The van der Waals surface area contributed by atoms with E-state index in [4.69, 9.17) is 0 Å². The van der Waals surface area contributed by atoms with Crippen molar-refractivity contribution in [2.24, 2.45) is 5.92 Å². The molecular weight excluding hydrogens is 286 g/mol. The van der Waals surface area contributed by atoms with E-state index in [1.165, 1.54) is 25.5 Å². The number of carbonyl (C=O) groups excluding carboxylic acids is 1. The minimum atomic E-state index is -3.49. The number of carbonyl (C=O) groups is 1. The number of sulfonamides is 1. The molecule has 1 saturated carbocycles. The van der Waals surface area contributed by atoms with Crippen LogP contribution >= 0.6 is 0 Å². The zero-order valence-electron chi connectivity index (χ0n) is 12.6. The molecule has 116 valence electrons. The van der Waals surface area contributed by atoms with Crippen LogP contribution in [0.2, 0.25) is 0 Å². The second-order valence-corrected chi connectivity index (χ2v) is 7.54. The van der Waals surface area contributed by atoms with E-state index in [9.17, 15) is 13.2 Å². The Balaban J connectivity index is 2.03. The highest BCUT2D eigenvalue weighted by Crippen LogP contribution is 2.27. The lowest BCUT2D eigenvalue weighted by molar-refractivity contribution is 0.101. The number of hydrogen-bond donors (Lipinski definition) is 1. The van der Waals surface area contributed by atoms with Crippen LogP contribution < -0.4 is 4.72 Å². The minimum Gasteiger partial charge on any atom is -0.295 e. The fourth-order valence-electron chi connectivity index (χ4n) is 2.84. The first-order valence-corrected chi connectivity index (χ1v) is 9.04. The minimum absolute atomic E-state index is 0.0327. The summed E-state index contributed by atoms with van der Waals surface area (Å²) < 4.78 is 27.5. The molecule has 1 aliphatic rings. The summed E-state index contributed by atoms with van der Waals surface area (Å²) in [5.41, 5.74) is 0.525. The van der Waals surface area contributed by atoms with Crippen LogP contribution in [-0.2, 0) is 10.0 Å². The molecule has 0 bridgehead atoms. The number of rotatable bonds is 5. The molecule has 1 aromatic rings. The fraction of sp³-hybridized carbons (Fsp3) is 0.562. The first-order valence-electron chi connectivity index (χ1n) is 7.55. The maximum atomic E-state index is 12.3. The van der Waals surface area contributed by atoms with Crippen LogP contribution in [0, 0.1) is 5.92 Å². The smallest absolute Gasteiger partial charge is 0.240 e. The number of benzene rings is 1. The Bertz CT molecular complexity index is 584. The van der Waals surface area contributed by atoms with Gasteiger partial charge in [0.15, 0.2) is 5.78 Å². The lowest BCUT2D eigenvalue weighted by atomic mass is 9.85. The van der Waals surface area contributed by atoms with Crippen molar-refractivity contribution in [3.05, 3.63) is 29.8 Å². The summed E-state index contributed by atoms with van der Waals surface area (Å²) in [5, 5.41) is 0. The lowest BCUT2D eigenvalue weighted by Gasteiger charge is -2.28. The maximum absolute atomic E-state index is 12.3. The third-order valence-electron chi connectivity index (χ3n) is 4.32. The molecule has 0 unspecified atom stereocenters. The standard InChI is InChI=1S/C16H23NO3S/c1-3-13-4-8-15(9-5-13)17-21(19,20)16-10-6-14(7-11-16)12(2)18/h6-7,10-11,13,15,17H,3-5,8-9H2,1-2H3. The Labute approximate surface area is 127 Å². The summed E-state index contributed by atoms with van der Waals surface area (Å²) in [6.07, 6.45) is 5.17. The van der Waals surface area contributed by atoms with Gasteiger partial charge in [0.25, 0.3) is 0 Å². The van der Waals surface area contributed by atoms with Crippen molar-refractivity contribution in [3.63, 3.8) is 0 Å². The van der Waals surface area contributed by atoms with Crippen LogP contribution in [0.15, 0.2) is 29.2 Å². The predicted molar refractivity (Wildman–Crippen MR) is 82.8 cm³/mol. The summed E-state index contributed by atoms with van der Waals surface area (Å²) in [6.45, 7) is 3.65. The SMILES string of the molecule is CCC1CCC(NS(=O)(=O)c2ccc(C(C)=O)cc2)CC1. The number of ketones is 1. The fourth-order valence-corrected chi connectivity index (χ4v) is 4.15. The molecule has 1 aromatic carbocycles. The van der Waals surface area contributed by atoms with Gasteiger partial charge in [0.1, 0.15) is 0 Å². The molecule has 2 rings (SSSR count). The molecule has 0 spiro atoms. The molecule has 0 aromatic heterocycles. The van der Waals surface area contributed by atoms with Gasteiger partial charge >= 0.3 is 0 Å². The molecule has 5 heteroatoms. The average Bonchev–Trinajstić information content (AvgIpc) is 2.48. The first-order chi connectivity index (χ1) is 9.92. The second kappa shape index (κ2) is 6.71. The highest BCUT2D eigenvalue weighted by molar-refractivity contribution is 7.89. The van der Waals surface area contributed by atoms with Gasteiger partial charge in [-0.1, -0.05) is 25.5 Å². The van der Waals surface area contributed by atoms with E-state index in [0.717, 1.165) is 31.6 Å². The number of Topliss-reactive ketones (excluding diaryl/α,β-unsaturated/α-hetero) is 1. The van der Waals surface area contributed by atoms with Crippen molar-refractivity contribution in [2.45, 2.75) is 56.9 Å². The van der Waals surface area contributed by atoms with Crippen molar-refractivity contribution in [1.82, 2.24) is 4.72 Å². The molecule has 0 aliphatic heterocycles. The summed E-state index contributed by atoms with van der Waals surface area (Å²) >= 11 is 0. The molecule has 1 aliphatic carbocycles. The molecule has 0 amide bonds. The van der Waals surface area contributed by atoms with Crippen LogP contribution in [0.25, 0.3) is 0 Å². The van der Waals surface area contributed by atoms with Crippen LogP contribution in [-0.4, -0.2) is 20.2 Å². The summed E-state index contributed by atoms with van der Waals surface area (Å²) in [7, 11) is -3.49. The molecule has 4 nitrogen and oxygen atoms in total. The van der Waals surface area contributed by atoms with Crippen molar-refractivity contribution in [2.75, 3.05) is 0 Å². The van der Waals surface area contributed by atoms with E-state index < -0.39 is 10.0 Å². The van der Waals surface area contributed by atoms with Crippen LogP contribution in [0.1, 0.15) is 56.3 Å². The normalized spacial score (nSPS) is 23.0. The molecule has 0 saturated heterocycles. The van der Waals surface area contributed by atoms with Crippen LogP contribution in [0.3, 0.4) is 0 Å². The van der Waals surface area contributed by atoms with Crippen molar-refractivity contribution in [1.29, 1.82) is 0 Å². The third-order valence-corrected chi connectivity index (χ3v) is 5.85. The summed E-state index contributed by atoms with van der Waals surface area (Å²) in [6, 6.07) is 6.15. The second-order valence-electron chi connectivity index (χ2n) is 5.83. The Kier molecular flexibility index (Phi) is 5.17. The third kappa shape index (κ3) is 4.14. The molecular formula is C16H23NO3S. The van der Waals surface area contributed by atoms with Gasteiger partial charge in [-0.3, -0.25) is 4.79 Å². The van der Waals surface area contributed by atoms with Gasteiger partial charge in [-0.25, -0.2) is 13.1 Å². The maximum Gasteiger partial charge on any atom is 0.240 e. The molecule has 1 N–H and O–H groups in total. The van der Waals surface area contributed by atoms with Crippen LogP contribution in [0.5, 0.6) is 0 Å². The highest BCUT2D eigenvalue weighted by Gasteiger charge is 2.25. The van der Waals surface area contributed by atoms with E-state index in [-0.39, 0.29) is 16.7 Å². The Morgan fingerprint density at radius 1 is 1.14 bits per heavy atom. The molecule has 0 heterocycles. The van der Waals surface area contributed by atoms with Crippen molar-refractivity contribution < 1.29 is 13.2 Å². The van der Waals surface area contributed by atoms with E-state index in [2.05, 4.69) is 11.6 Å². The Morgan fingerprint density at radius 2 is 1.71 bits per heavy atom. The lowest BCUT2D eigenvalue weighted by Crippen LogP contribution is -2.37. The van der Waals surface area contributed by atoms with Gasteiger partial charge in [0, 0.05) is 11.6 Å². The van der Waals surface area contributed by atoms with Gasteiger partial charge in [-0.15, -0.1) is 0 Å². The molecule has 1 fully saturated rings. The molecule has 21 heavy (non-hydrogen) atoms. The van der Waals surface area contributed by atoms with Gasteiger partial charge in [-0.05, 0) is 50.7 Å². The van der Waals surface area contributed by atoms with Crippen molar-refractivity contribution >= 4 is 15.8 Å². The van der Waals surface area contributed by atoms with E-state index in [0.29, 0.717) is 5.56 Å². The summed E-state index contributed by atoms with van der Waals surface area (Å²) in [4.78, 5) is 11.4. The highest BCUT2D eigenvalue weighted by atomic mass is 32.2.